The maximum atomic E-state index is 11.6. The van der Waals surface area contributed by atoms with Gasteiger partial charge in [-0.2, -0.15) is 0 Å². The van der Waals surface area contributed by atoms with Crippen LogP contribution in [0, 0.1) is 5.41 Å². The van der Waals surface area contributed by atoms with Gasteiger partial charge in [-0.15, -0.1) is 0 Å². The van der Waals surface area contributed by atoms with Crippen LogP contribution in [0.3, 0.4) is 0 Å². The number of rotatable bonds is 2. The van der Waals surface area contributed by atoms with Gasteiger partial charge in [-0.1, -0.05) is 6.92 Å². The highest BCUT2D eigenvalue weighted by molar-refractivity contribution is 5.82. The molecule has 1 saturated heterocycles. The zero-order valence-corrected chi connectivity index (χ0v) is 7.85. The SMILES string of the molecule is CCC1(C(=O)NC)CCOCC1. The zero-order valence-electron chi connectivity index (χ0n) is 7.85. The summed E-state index contributed by atoms with van der Waals surface area (Å²) in [6, 6.07) is 0. The minimum absolute atomic E-state index is 0.146. The molecule has 0 radical (unpaired) electrons. The first-order valence-electron chi connectivity index (χ1n) is 4.55. The van der Waals surface area contributed by atoms with E-state index in [1.54, 1.807) is 7.05 Å². The molecule has 0 bridgehead atoms. The molecular formula is C9H17NO2. The van der Waals surface area contributed by atoms with Crippen molar-refractivity contribution < 1.29 is 9.53 Å². The van der Waals surface area contributed by atoms with Crippen molar-refractivity contribution in [2.24, 2.45) is 5.41 Å². The lowest BCUT2D eigenvalue weighted by atomic mass is 9.77. The van der Waals surface area contributed by atoms with Crippen molar-refractivity contribution >= 4 is 5.91 Å². The molecule has 1 rings (SSSR count). The van der Waals surface area contributed by atoms with Crippen molar-refractivity contribution in [3.8, 4) is 0 Å². The van der Waals surface area contributed by atoms with Crippen molar-refractivity contribution in [1.29, 1.82) is 0 Å². The van der Waals surface area contributed by atoms with Gasteiger partial charge in [0, 0.05) is 20.3 Å². The lowest BCUT2D eigenvalue weighted by Crippen LogP contribution is -2.42. The molecule has 0 spiro atoms. The van der Waals surface area contributed by atoms with Gasteiger partial charge in [0.15, 0.2) is 0 Å². The van der Waals surface area contributed by atoms with Crippen LogP contribution in [0.2, 0.25) is 0 Å². The number of amides is 1. The summed E-state index contributed by atoms with van der Waals surface area (Å²) in [5, 5.41) is 2.73. The molecule has 3 heteroatoms. The molecule has 12 heavy (non-hydrogen) atoms. The molecular weight excluding hydrogens is 154 g/mol. The number of hydrogen-bond acceptors (Lipinski definition) is 2. The van der Waals surface area contributed by atoms with E-state index in [1.807, 2.05) is 0 Å². The highest BCUT2D eigenvalue weighted by Gasteiger charge is 2.37. The van der Waals surface area contributed by atoms with Crippen LogP contribution < -0.4 is 5.32 Å². The van der Waals surface area contributed by atoms with Crippen LogP contribution in [-0.2, 0) is 9.53 Å². The molecule has 1 amide bonds. The number of hydrogen-bond donors (Lipinski definition) is 1. The van der Waals surface area contributed by atoms with Crippen LogP contribution in [0.15, 0.2) is 0 Å². The second-order valence-electron chi connectivity index (χ2n) is 3.33. The van der Waals surface area contributed by atoms with Crippen LogP contribution in [0.5, 0.6) is 0 Å². The lowest BCUT2D eigenvalue weighted by Gasteiger charge is -2.34. The van der Waals surface area contributed by atoms with Gasteiger partial charge in [-0.25, -0.2) is 0 Å². The molecule has 0 aromatic heterocycles. The van der Waals surface area contributed by atoms with E-state index in [-0.39, 0.29) is 11.3 Å². The highest BCUT2D eigenvalue weighted by atomic mass is 16.5. The molecule has 1 fully saturated rings. The van der Waals surface area contributed by atoms with Gasteiger partial charge < -0.3 is 10.1 Å². The summed E-state index contributed by atoms with van der Waals surface area (Å²) in [4.78, 5) is 11.6. The second kappa shape index (κ2) is 3.90. The average molecular weight is 171 g/mol. The van der Waals surface area contributed by atoms with Crippen molar-refractivity contribution in [3.05, 3.63) is 0 Å². The molecule has 3 nitrogen and oxygen atoms in total. The van der Waals surface area contributed by atoms with E-state index in [9.17, 15) is 4.79 Å². The first-order chi connectivity index (χ1) is 5.75. The Kier molecular flexibility index (Phi) is 3.09. The molecule has 0 saturated carbocycles. The Bertz CT molecular complexity index is 162. The van der Waals surface area contributed by atoms with Gasteiger partial charge in [-0.3, -0.25) is 4.79 Å². The highest BCUT2D eigenvalue weighted by Crippen LogP contribution is 2.33. The summed E-state index contributed by atoms with van der Waals surface area (Å²) in [5.74, 6) is 0.174. The van der Waals surface area contributed by atoms with Gasteiger partial charge in [0.25, 0.3) is 0 Å². The Morgan fingerprint density at radius 2 is 2.08 bits per heavy atom. The predicted octanol–water partition coefficient (Wildman–Crippen LogP) is 0.939. The minimum Gasteiger partial charge on any atom is -0.381 e. The quantitative estimate of drug-likeness (QED) is 0.671. The van der Waals surface area contributed by atoms with Gasteiger partial charge in [-0.05, 0) is 19.3 Å². The van der Waals surface area contributed by atoms with Crippen molar-refractivity contribution in [3.63, 3.8) is 0 Å². The fraction of sp³-hybridized carbons (Fsp3) is 0.889. The third kappa shape index (κ3) is 1.61. The van der Waals surface area contributed by atoms with Gasteiger partial charge >= 0.3 is 0 Å². The summed E-state index contributed by atoms with van der Waals surface area (Å²) >= 11 is 0. The maximum absolute atomic E-state index is 11.6. The van der Waals surface area contributed by atoms with Crippen LogP contribution in [0.1, 0.15) is 26.2 Å². The Balaban J connectivity index is 2.66. The van der Waals surface area contributed by atoms with Crippen LogP contribution in [0.25, 0.3) is 0 Å². The van der Waals surface area contributed by atoms with Gasteiger partial charge in [0.1, 0.15) is 0 Å². The van der Waals surface area contributed by atoms with E-state index in [0.29, 0.717) is 0 Å². The molecule has 1 N–H and O–H groups in total. The summed E-state index contributed by atoms with van der Waals surface area (Å²) in [6.45, 7) is 3.52. The molecule has 1 aliphatic heterocycles. The fourth-order valence-electron chi connectivity index (χ4n) is 1.77. The summed E-state index contributed by atoms with van der Waals surface area (Å²) in [5.41, 5.74) is -0.146. The second-order valence-corrected chi connectivity index (χ2v) is 3.33. The fourth-order valence-corrected chi connectivity index (χ4v) is 1.77. The van der Waals surface area contributed by atoms with Crippen molar-refractivity contribution in [2.75, 3.05) is 20.3 Å². The molecule has 0 atom stereocenters. The molecule has 0 unspecified atom stereocenters. The molecule has 1 heterocycles. The van der Waals surface area contributed by atoms with E-state index in [1.165, 1.54) is 0 Å². The monoisotopic (exact) mass is 171 g/mol. The van der Waals surface area contributed by atoms with Crippen molar-refractivity contribution in [2.45, 2.75) is 26.2 Å². The van der Waals surface area contributed by atoms with Gasteiger partial charge in [0.2, 0.25) is 5.91 Å². The van der Waals surface area contributed by atoms with E-state index in [0.717, 1.165) is 32.5 Å². The minimum atomic E-state index is -0.146. The first-order valence-corrected chi connectivity index (χ1v) is 4.55. The number of carbonyl (C=O) groups is 1. The topological polar surface area (TPSA) is 38.3 Å². The molecule has 0 aromatic carbocycles. The smallest absolute Gasteiger partial charge is 0.226 e. The third-order valence-corrected chi connectivity index (χ3v) is 2.84. The number of nitrogens with one attached hydrogen (secondary N) is 1. The maximum Gasteiger partial charge on any atom is 0.226 e. The number of ether oxygens (including phenoxy) is 1. The molecule has 1 aliphatic rings. The van der Waals surface area contributed by atoms with E-state index < -0.39 is 0 Å². The normalized spacial score (nSPS) is 21.8. The Morgan fingerprint density at radius 3 is 2.50 bits per heavy atom. The number of carbonyl (C=O) groups excluding carboxylic acids is 1. The summed E-state index contributed by atoms with van der Waals surface area (Å²) in [6.07, 6.45) is 2.64. The molecule has 0 aromatic rings. The Labute approximate surface area is 73.5 Å². The average Bonchev–Trinajstić information content (AvgIpc) is 2.17. The predicted molar refractivity (Wildman–Crippen MR) is 46.8 cm³/mol. The lowest BCUT2D eigenvalue weighted by molar-refractivity contribution is -0.136. The zero-order chi connectivity index (χ0) is 9.03. The van der Waals surface area contributed by atoms with Crippen LogP contribution in [0.4, 0.5) is 0 Å². The largest absolute Gasteiger partial charge is 0.381 e. The van der Waals surface area contributed by atoms with E-state index >= 15 is 0 Å². The third-order valence-electron chi connectivity index (χ3n) is 2.84. The van der Waals surface area contributed by atoms with E-state index in [2.05, 4.69) is 12.2 Å². The van der Waals surface area contributed by atoms with Crippen LogP contribution >= 0.6 is 0 Å². The van der Waals surface area contributed by atoms with E-state index in [4.69, 9.17) is 4.74 Å². The Hall–Kier alpha value is -0.570. The van der Waals surface area contributed by atoms with Crippen molar-refractivity contribution in [1.82, 2.24) is 5.32 Å². The first kappa shape index (κ1) is 9.52. The van der Waals surface area contributed by atoms with Crippen LogP contribution in [-0.4, -0.2) is 26.2 Å². The Morgan fingerprint density at radius 1 is 1.50 bits per heavy atom. The van der Waals surface area contributed by atoms with Gasteiger partial charge in [0.05, 0.1) is 5.41 Å². The standard InChI is InChI=1S/C9H17NO2/c1-3-9(8(11)10-2)4-6-12-7-5-9/h3-7H2,1-2H3,(H,10,11). The molecule has 70 valence electrons. The summed E-state index contributed by atoms with van der Waals surface area (Å²) < 4.78 is 5.24. The molecule has 0 aliphatic carbocycles. The summed E-state index contributed by atoms with van der Waals surface area (Å²) in [7, 11) is 1.70.